The lowest BCUT2D eigenvalue weighted by Crippen LogP contribution is -2.13. The number of halogens is 1. The number of carbonyl (C=O) groups excluding carboxylic acids is 1. The lowest BCUT2D eigenvalue weighted by Gasteiger charge is -2.05. The van der Waals surface area contributed by atoms with Crippen LogP contribution in [0.5, 0.6) is 0 Å². The van der Waals surface area contributed by atoms with E-state index in [9.17, 15) is 14.4 Å². The second kappa shape index (κ2) is 7.61. The van der Waals surface area contributed by atoms with Gasteiger partial charge in [-0.1, -0.05) is 24.3 Å². The van der Waals surface area contributed by atoms with Gasteiger partial charge in [0.15, 0.2) is 0 Å². The first-order valence-electron chi connectivity index (χ1n) is 9.30. The first kappa shape index (κ1) is 18.5. The molecule has 0 spiro atoms. The largest absolute Gasteiger partial charge is 0.341 e. The summed E-state index contributed by atoms with van der Waals surface area (Å²) in [5, 5.41) is 14.3. The molecule has 0 aliphatic rings. The Morgan fingerprint density at radius 2 is 1.79 bits per heavy atom. The molecule has 0 aliphatic heterocycles. The van der Waals surface area contributed by atoms with Gasteiger partial charge in [0.2, 0.25) is 0 Å². The molecule has 29 heavy (non-hydrogen) atoms. The van der Waals surface area contributed by atoms with Crippen molar-refractivity contribution in [3.63, 3.8) is 0 Å². The fraction of sp³-hybridized carbons (Fsp3) is 0.0833. The Kier molecular flexibility index (Phi) is 4.84. The summed E-state index contributed by atoms with van der Waals surface area (Å²) in [6, 6.07) is 21.4. The number of benzene rings is 3. The average Bonchev–Trinajstić information content (AvgIpc) is 3.06. The second-order valence-electron chi connectivity index (χ2n) is 6.67. The van der Waals surface area contributed by atoms with Crippen LogP contribution in [0.3, 0.4) is 0 Å². The van der Waals surface area contributed by atoms with Gasteiger partial charge in [0.1, 0.15) is 17.5 Å². The van der Waals surface area contributed by atoms with Crippen LogP contribution >= 0.6 is 0 Å². The summed E-state index contributed by atoms with van der Waals surface area (Å²) < 4.78 is 15.3. The number of carbonyl (C=O) groups is 1. The van der Waals surface area contributed by atoms with Gasteiger partial charge in [-0.05, 0) is 61.0 Å². The van der Waals surface area contributed by atoms with Crippen molar-refractivity contribution in [1.82, 2.24) is 4.57 Å². The predicted molar refractivity (Wildman–Crippen MR) is 114 cm³/mol. The van der Waals surface area contributed by atoms with Gasteiger partial charge in [-0.3, -0.25) is 4.79 Å². The molecule has 3 aromatic carbocycles. The van der Waals surface area contributed by atoms with Crippen molar-refractivity contribution in [2.75, 3.05) is 5.32 Å². The number of fused-ring (bicyclic) bond motifs is 3. The van der Waals surface area contributed by atoms with Crippen LogP contribution in [0, 0.1) is 17.1 Å². The molecule has 0 saturated heterocycles. The van der Waals surface area contributed by atoms with Crippen molar-refractivity contribution in [1.29, 1.82) is 5.26 Å². The standard InChI is InChI=1S/C24H18FN3O/c1-2-28-22-6-4-3-5-20(22)21-14-16(7-12-23(21)28)13-17(15-26)24(29)27-19-10-8-18(25)9-11-19/h3-14H,2H2,1H3,(H,27,29)/b17-13+. The van der Waals surface area contributed by atoms with E-state index in [0.717, 1.165) is 33.9 Å². The van der Waals surface area contributed by atoms with E-state index in [1.807, 2.05) is 36.4 Å². The number of para-hydroxylation sites is 1. The highest BCUT2D eigenvalue weighted by atomic mass is 19.1. The Bertz CT molecular complexity index is 1290. The molecular formula is C24H18FN3O. The van der Waals surface area contributed by atoms with Crippen molar-refractivity contribution in [3.8, 4) is 6.07 Å². The van der Waals surface area contributed by atoms with Crippen LogP contribution < -0.4 is 5.32 Å². The molecule has 0 saturated carbocycles. The maximum atomic E-state index is 13.0. The Balaban J connectivity index is 1.72. The minimum absolute atomic E-state index is 0.0205. The van der Waals surface area contributed by atoms with E-state index < -0.39 is 11.7 Å². The van der Waals surface area contributed by atoms with Gasteiger partial charge in [0.05, 0.1) is 0 Å². The number of nitrogens with zero attached hydrogens (tertiary/aromatic N) is 2. The molecule has 1 amide bonds. The quantitative estimate of drug-likeness (QED) is 0.374. The van der Waals surface area contributed by atoms with Crippen LogP contribution in [-0.2, 0) is 11.3 Å². The average molecular weight is 383 g/mol. The van der Waals surface area contributed by atoms with Crippen molar-refractivity contribution in [3.05, 3.63) is 83.7 Å². The second-order valence-corrected chi connectivity index (χ2v) is 6.67. The summed E-state index contributed by atoms with van der Waals surface area (Å²) in [4.78, 5) is 12.5. The number of nitriles is 1. The molecule has 1 N–H and O–H groups in total. The topological polar surface area (TPSA) is 57.8 Å². The predicted octanol–water partition coefficient (Wildman–Crippen LogP) is 5.50. The fourth-order valence-corrected chi connectivity index (χ4v) is 3.55. The van der Waals surface area contributed by atoms with Crippen molar-refractivity contribution in [2.24, 2.45) is 0 Å². The molecule has 0 fully saturated rings. The summed E-state index contributed by atoms with van der Waals surface area (Å²) in [5.74, 6) is -0.922. The molecule has 0 aliphatic carbocycles. The van der Waals surface area contributed by atoms with Crippen molar-refractivity contribution in [2.45, 2.75) is 13.5 Å². The molecule has 1 heterocycles. The van der Waals surface area contributed by atoms with Crippen molar-refractivity contribution >= 4 is 39.5 Å². The van der Waals surface area contributed by atoms with Gasteiger partial charge in [0.25, 0.3) is 5.91 Å². The Morgan fingerprint density at radius 1 is 1.07 bits per heavy atom. The van der Waals surface area contributed by atoms with Gasteiger partial charge in [-0.25, -0.2) is 4.39 Å². The minimum Gasteiger partial charge on any atom is -0.341 e. The fourth-order valence-electron chi connectivity index (χ4n) is 3.55. The van der Waals surface area contributed by atoms with E-state index in [0.29, 0.717) is 5.69 Å². The third kappa shape index (κ3) is 3.48. The highest BCUT2D eigenvalue weighted by molar-refractivity contribution is 6.11. The molecule has 0 atom stereocenters. The third-order valence-corrected chi connectivity index (χ3v) is 4.89. The number of hydrogen-bond acceptors (Lipinski definition) is 2. The zero-order chi connectivity index (χ0) is 20.4. The van der Waals surface area contributed by atoms with E-state index in [4.69, 9.17) is 0 Å². The monoisotopic (exact) mass is 383 g/mol. The van der Waals surface area contributed by atoms with E-state index in [1.165, 1.54) is 24.3 Å². The molecular weight excluding hydrogens is 365 g/mol. The van der Waals surface area contributed by atoms with E-state index in [2.05, 4.69) is 28.9 Å². The summed E-state index contributed by atoms with van der Waals surface area (Å²) in [5.41, 5.74) is 3.44. The SMILES string of the molecule is CCn1c2ccccc2c2cc(/C=C(\C#N)C(=O)Nc3ccc(F)cc3)ccc21. The van der Waals surface area contributed by atoms with Gasteiger partial charge >= 0.3 is 0 Å². The third-order valence-electron chi connectivity index (χ3n) is 4.89. The number of hydrogen-bond donors (Lipinski definition) is 1. The molecule has 4 nitrogen and oxygen atoms in total. The van der Waals surface area contributed by atoms with E-state index >= 15 is 0 Å². The molecule has 1 aromatic heterocycles. The summed E-state index contributed by atoms with van der Waals surface area (Å²) >= 11 is 0. The number of anilines is 1. The van der Waals surface area contributed by atoms with E-state index in [-0.39, 0.29) is 5.57 Å². The minimum atomic E-state index is -0.532. The van der Waals surface area contributed by atoms with Gasteiger partial charge < -0.3 is 9.88 Å². The first-order chi connectivity index (χ1) is 14.1. The molecule has 0 bridgehead atoms. The highest BCUT2D eigenvalue weighted by Crippen LogP contribution is 2.30. The van der Waals surface area contributed by atoms with Crippen LogP contribution in [0.4, 0.5) is 10.1 Å². The summed E-state index contributed by atoms with van der Waals surface area (Å²) in [6.45, 7) is 2.95. The van der Waals surface area contributed by atoms with Gasteiger partial charge in [-0.2, -0.15) is 5.26 Å². The van der Waals surface area contributed by atoms with Gasteiger partial charge in [-0.15, -0.1) is 0 Å². The molecule has 142 valence electrons. The van der Waals surface area contributed by atoms with Crippen LogP contribution in [0.2, 0.25) is 0 Å². The lowest BCUT2D eigenvalue weighted by molar-refractivity contribution is -0.112. The molecule has 4 rings (SSSR count). The number of amides is 1. The Labute approximate surface area is 167 Å². The molecule has 0 unspecified atom stereocenters. The number of nitrogens with one attached hydrogen (secondary N) is 1. The maximum absolute atomic E-state index is 13.0. The highest BCUT2D eigenvalue weighted by Gasteiger charge is 2.12. The number of aryl methyl sites for hydroxylation is 1. The van der Waals surface area contributed by atoms with Crippen LogP contribution in [0.1, 0.15) is 12.5 Å². The lowest BCUT2D eigenvalue weighted by atomic mass is 10.1. The van der Waals surface area contributed by atoms with Crippen LogP contribution in [0.15, 0.2) is 72.3 Å². The molecule has 5 heteroatoms. The molecule has 4 aromatic rings. The Morgan fingerprint density at radius 3 is 2.52 bits per heavy atom. The first-order valence-corrected chi connectivity index (χ1v) is 9.30. The maximum Gasteiger partial charge on any atom is 0.266 e. The zero-order valence-electron chi connectivity index (χ0n) is 15.8. The Hall–Kier alpha value is -3.91. The number of rotatable bonds is 4. The van der Waals surface area contributed by atoms with Gasteiger partial charge in [0, 0.05) is 34.0 Å². The van der Waals surface area contributed by atoms with Crippen LogP contribution in [-0.4, -0.2) is 10.5 Å². The van der Waals surface area contributed by atoms with Crippen LogP contribution in [0.25, 0.3) is 27.9 Å². The smallest absolute Gasteiger partial charge is 0.266 e. The summed E-state index contributed by atoms with van der Waals surface area (Å²) in [6.07, 6.45) is 1.57. The van der Waals surface area contributed by atoms with Crippen molar-refractivity contribution < 1.29 is 9.18 Å². The molecule has 0 radical (unpaired) electrons. The zero-order valence-corrected chi connectivity index (χ0v) is 15.8. The number of aromatic nitrogens is 1. The van der Waals surface area contributed by atoms with E-state index in [1.54, 1.807) is 6.08 Å². The normalized spacial score (nSPS) is 11.6. The summed E-state index contributed by atoms with van der Waals surface area (Å²) in [7, 11) is 0.